The lowest BCUT2D eigenvalue weighted by Crippen LogP contribution is -2.21. The largest absolute Gasteiger partial charge is 0.462 e. The number of hydrogen-bond acceptors (Lipinski definition) is 5. The molecule has 4 aromatic rings. The van der Waals surface area contributed by atoms with Crippen molar-refractivity contribution in [1.82, 2.24) is 14.9 Å². The van der Waals surface area contributed by atoms with Gasteiger partial charge in [-0.3, -0.25) is 4.99 Å². The van der Waals surface area contributed by atoms with Crippen molar-refractivity contribution in [3.05, 3.63) is 101 Å². The number of fused-ring (bicyclic) bond motifs is 2. The van der Waals surface area contributed by atoms with E-state index in [2.05, 4.69) is 61.0 Å². The van der Waals surface area contributed by atoms with E-state index in [4.69, 9.17) is 14.7 Å². The fraction of sp³-hybridized carbons (Fsp3) is 0.361. The van der Waals surface area contributed by atoms with Gasteiger partial charge in [-0.15, -0.1) is 0 Å². The molecule has 42 heavy (non-hydrogen) atoms. The third kappa shape index (κ3) is 5.63. The topological polar surface area (TPSA) is 68.5 Å². The molecule has 2 heterocycles. The SMILES string of the molecule is CCCCOC(=O)c1cc(Cn2c(CCC)nc3c(C)cc(C4=NC5CCCC=C5N4)cc32)ccc1-c1ccccc1. The molecule has 0 saturated carbocycles. The monoisotopic (exact) mass is 560 g/mol. The van der Waals surface area contributed by atoms with Crippen molar-refractivity contribution in [2.75, 3.05) is 6.61 Å². The van der Waals surface area contributed by atoms with E-state index in [-0.39, 0.29) is 12.0 Å². The molecule has 1 unspecified atom stereocenters. The van der Waals surface area contributed by atoms with Gasteiger partial charge < -0.3 is 14.6 Å². The molecule has 216 valence electrons. The Bertz CT molecular complexity index is 1660. The zero-order chi connectivity index (χ0) is 29.1. The Morgan fingerprint density at radius 2 is 1.90 bits per heavy atom. The zero-order valence-electron chi connectivity index (χ0n) is 25.0. The van der Waals surface area contributed by atoms with Crippen LogP contribution in [0.3, 0.4) is 0 Å². The molecule has 0 amide bonds. The molecule has 0 fully saturated rings. The summed E-state index contributed by atoms with van der Waals surface area (Å²) >= 11 is 0. The number of aromatic nitrogens is 2. The quantitative estimate of drug-likeness (QED) is 0.159. The number of benzene rings is 3. The van der Waals surface area contributed by atoms with E-state index in [1.165, 1.54) is 12.1 Å². The van der Waals surface area contributed by atoms with Gasteiger partial charge in [0, 0.05) is 24.2 Å². The average molecular weight is 561 g/mol. The summed E-state index contributed by atoms with van der Waals surface area (Å²) in [7, 11) is 0. The van der Waals surface area contributed by atoms with Gasteiger partial charge in [-0.25, -0.2) is 9.78 Å². The van der Waals surface area contributed by atoms with Crippen LogP contribution in [0.4, 0.5) is 0 Å². The molecule has 1 atom stereocenters. The Hall–Kier alpha value is -4.19. The van der Waals surface area contributed by atoms with E-state index in [1.807, 2.05) is 36.4 Å². The first-order chi connectivity index (χ1) is 20.6. The summed E-state index contributed by atoms with van der Waals surface area (Å²) in [6.45, 7) is 7.47. The molecular formula is C36H40N4O2. The molecule has 0 spiro atoms. The number of imidazole rings is 1. The Balaban J connectivity index is 1.40. The molecule has 2 aliphatic rings. The number of unbranched alkanes of at least 4 members (excludes halogenated alkanes) is 1. The fourth-order valence-electron chi connectivity index (χ4n) is 6.07. The van der Waals surface area contributed by atoms with Gasteiger partial charge in [0.05, 0.1) is 29.2 Å². The fourth-order valence-corrected chi connectivity index (χ4v) is 6.07. The van der Waals surface area contributed by atoms with E-state index in [0.717, 1.165) is 89.0 Å². The number of nitrogens with one attached hydrogen (secondary N) is 1. The first-order valence-electron chi connectivity index (χ1n) is 15.5. The molecule has 6 nitrogen and oxygen atoms in total. The summed E-state index contributed by atoms with van der Waals surface area (Å²) in [5.74, 6) is 1.74. The molecule has 1 aliphatic heterocycles. The standard InChI is InChI=1S/C36H40N4O2/c1-4-6-19-42-36(41)29-21-25(17-18-28(29)26-13-8-7-9-14-26)23-40-32-22-27(20-24(3)34(32)39-33(40)12-5-2)35-37-30-15-10-11-16-31(30)38-35/h7-9,13-15,17-18,20-22,31H,4-6,10-12,16,19,23H2,1-3H3,(H,37,38). The number of carbonyl (C=O) groups excluding carboxylic acids is 1. The average Bonchev–Trinajstić information content (AvgIpc) is 3.60. The van der Waals surface area contributed by atoms with Crippen LogP contribution in [0.1, 0.15) is 85.2 Å². The Kier molecular flexibility index (Phi) is 8.22. The number of aliphatic imine (C=N–C) groups is 1. The minimum absolute atomic E-state index is 0.254. The Morgan fingerprint density at radius 1 is 1.05 bits per heavy atom. The van der Waals surface area contributed by atoms with E-state index in [0.29, 0.717) is 18.7 Å². The van der Waals surface area contributed by atoms with Gasteiger partial charge >= 0.3 is 5.97 Å². The van der Waals surface area contributed by atoms with Gasteiger partial charge in [0.15, 0.2) is 0 Å². The van der Waals surface area contributed by atoms with Crippen molar-refractivity contribution in [3.8, 4) is 11.1 Å². The molecule has 6 heteroatoms. The highest BCUT2D eigenvalue weighted by Gasteiger charge is 2.26. The summed E-state index contributed by atoms with van der Waals surface area (Å²) in [6.07, 6.45) is 9.42. The first kappa shape index (κ1) is 28.0. The molecule has 1 aromatic heterocycles. The van der Waals surface area contributed by atoms with Crippen LogP contribution in [0.2, 0.25) is 0 Å². The maximum Gasteiger partial charge on any atom is 0.338 e. The van der Waals surface area contributed by atoms with Crippen LogP contribution in [0.5, 0.6) is 0 Å². The number of carbonyl (C=O) groups is 1. The summed E-state index contributed by atoms with van der Waals surface area (Å²) in [4.78, 5) is 23.5. The van der Waals surface area contributed by atoms with Crippen LogP contribution >= 0.6 is 0 Å². The van der Waals surface area contributed by atoms with Crippen LogP contribution in [0, 0.1) is 6.92 Å². The first-order valence-corrected chi connectivity index (χ1v) is 15.5. The number of nitrogens with zero attached hydrogens (tertiary/aromatic N) is 3. The third-order valence-electron chi connectivity index (χ3n) is 8.28. The van der Waals surface area contributed by atoms with Gasteiger partial charge in [0.25, 0.3) is 0 Å². The molecule has 0 bridgehead atoms. The number of amidine groups is 1. The van der Waals surface area contributed by atoms with Gasteiger partial charge in [-0.1, -0.05) is 68.8 Å². The number of aryl methyl sites for hydroxylation is 2. The maximum absolute atomic E-state index is 13.3. The number of ether oxygens (including phenoxy) is 1. The zero-order valence-corrected chi connectivity index (χ0v) is 25.0. The van der Waals surface area contributed by atoms with Crippen LogP contribution < -0.4 is 5.32 Å². The van der Waals surface area contributed by atoms with E-state index in [9.17, 15) is 4.79 Å². The van der Waals surface area contributed by atoms with Crippen LogP contribution in [-0.4, -0.2) is 34.0 Å². The highest BCUT2D eigenvalue weighted by molar-refractivity contribution is 6.04. The number of rotatable bonds is 10. The summed E-state index contributed by atoms with van der Waals surface area (Å²) in [5, 5.41) is 3.59. The van der Waals surface area contributed by atoms with Gasteiger partial charge in [0.1, 0.15) is 11.7 Å². The third-order valence-corrected chi connectivity index (χ3v) is 8.28. The lowest BCUT2D eigenvalue weighted by Gasteiger charge is -2.15. The van der Waals surface area contributed by atoms with Crippen molar-refractivity contribution >= 4 is 22.8 Å². The molecule has 3 aromatic carbocycles. The minimum atomic E-state index is -0.271. The second kappa shape index (κ2) is 12.4. The molecule has 6 rings (SSSR count). The molecular weight excluding hydrogens is 520 g/mol. The number of hydrogen-bond donors (Lipinski definition) is 1. The highest BCUT2D eigenvalue weighted by Crippen LogP contribution is 2.30. The highest BCUT2D eigenvalue weighted by atomic mass is 16.5. The molecule has 1 aliphatic carbocycles. The summed E-state index contributed by atoms with van der Waals surface area (Å²) < 4.78 is 8.02. The molecule has 1 N–H and O–H groups in total. The number of allylic oxidation sites excluding steroid dienone is 1. The predicted molar refractivity (Wildman–Crippen MR) is 170 cm³/mol. The Morgan fingerprint density at radius 3 is 2.69 bits per heavy atom. The maximum atomic E-state index is 13.3. The van der Waals surface area contributed by atoms with Crippen molar-refractivity contribution in [1.29, 1.82) is 0 Å². The Labute approximate surface area is 248 Å². The minimum Gasteiger partial charge on any atom is -0.462 e. The van der Waals surface area contributed by atoms with Gasteiger partial charge in [0.2, 0.25) is 0 Å². The van der Waals surface area contributed by atoms with E-state index >= 15 is 0 Å². The van der Waals surface area contributed by atoms with Crippen molar-refractivity contribution in [2.45, 2.75) is 78.3 Å². The van der Waals surface area contributed by atoms with Gasteiger partial charge in [-0.2, -0.15) is 0 Å². The van der Waals surface area contributed by atoms with Crippen LogP contribution in [0.15, 0.2) is 77.4 Å². The van der Waals surface area contributed by atoms with Crippen molar-refractivity contribution < 1.29 is 9.53 Å². The molecule has 0 radical (unpaired) electrons. The summed E-state index contributed by atoms with van der Waals surface area (Å²) in [6, 6.07) is 21.0. The van der Waals surface area contributed by atoms with Crippen molar-refractivity contribution in [3.63, 3.8) is 0 Å². The molecule has 0 saturated heterocycles. The lowest BCUT2D eigenvalue weighted by molar-refractivity contribution is 0.0500. The normalized spacial score (nSPS) is 16.1. The smallest absolute Gasteiger partial charge is 0.338 e. The lowest BCUT2D eigenvalue weighted by atomic mass is 9.97. The second-order valence-electron chi connectivity index (χ2n) is 11.5. The van der Waals surface area contributed by atoms with Gasteiger partial charge in [-0.05, 0) is 79.5 Å². The van der Waals surface area contributed by atoms with Crippen LogP contribution in [0.25, 0.3) is 22.2 Å². The van der Waals surface area contributed by atoms with E-state index < -0.39 is 0 Å². The summed E-state index contributed by atoms with van der Waals surface area (Å²) in [5.41, 5.74) is 9.16. The van der Waals surface area contributed by atoms with Crippen molar-refractivity contribution in [2.24, 2.45) is 4.99 Å². The second-order valence-corrected chi connectivity index (χ2v) is 11.5. The number of esters is 1. The van der Waals surface area contributed by atoms with Crippen LogP contribution in [-0.2, 0) is 17.7 Å². The predicted octanol–water partition coefficient (Wildman–Crippen LogP) is 7.76. The van der Waals surface area contributed by atoms with E-state index in [1.54, 1.807) is 0 Å².